The minimum atomic E-state index is -4.67. The zero-order valence-electron chi connectivity index (χ0n) is 64.2. The molecule has 0 aliphatic carbocycles. The van der Waals surface area contributed by atoms with Gasteiger partial charge in [-0.2, -0.15) is 0 Å². The van der Waals surface area contributed by atoms with Crippen LogP contribution in [0.1, 0.15) is 194 Å². The highest BCUT2D eigenvalue weighted by molar-refractivity contribution is 7.47. The molecule has 0 rings (SSSR count). The zero-order valence-corrected chi connectivity index (χ0v) is 65.1. The van der Waals surface area contributed by atoms with Gasteiger partial charge in [-0.3, -0.25) is 18.6 Å². The number of phosphoric ester groups is 1. The quantitative estimate of drug-likeness (QED) is 0.0188. The number of methoxy groups -OCH3 is 1. The van der Waals surface area contributed by atoms with E-state index < -0.39 is 38.6 Å². The molecule has 0 saturated heterocycles. The van der Waals surface area contributed by atoms with Gasteiger partial charge in [0.05, 0.1) is 218 Å². The highest BCUT2D eigenvalue weighted by Crippen LogP contribution is 2.43. The van der Waals surface area contributed by atoms with Crippen LogP contribution < -0.4 is 5.32 Å². The lowest BCUT2D eigenvalue weighted by molar-refractivity contribution is -0.161. The first-order valence-electron chi connectivity index (χ1n) is 39.1. The predicted molar refractivity (Wildman–Crippen MR) is 395 cm³/mol. The molecule has 0 fully saturated rings. The third-order valence-electron chi connectivity index (χ3n) is 15.2. The van der Waals surface area contributed by atoms with E-state index >= 15 is 0 Å². The maximum absolute atomic E-state index is 12.9. The maximum Gasteiger partial charge on any atom is 0.472 e. The Morgan fingerprint density at radius 3 is 0.903 bits per heavy atom. The molecule has 0 aromatic heterocycles. The van der Waals surface area contributed by atoms with Crippen molar-refractivity contribution in [3.63, 3.8) is 0 Å². The monoisotopic (exact) mass is 1510 g/mol. The van der Waals surface area contributed by atoms with E-state index in [0.29, 0.717) is 204 Å². The molecule has 103 heavy (non-hydrogen) atoms. The number of hydrogen-bond acceptors (Lipinski definition) is 25. The SMILES string of the molecule is CCCCCCCC/C=C\CCCCCCCC(=O)OC[C@H](COP(=O)(O)OCCNC(=O)OCCOCCOCCOCCOCCOCCOCCOCCOCCOCCOCCOCCOCCOCCOCCOCCOC)OC(=O)CCCCCCC/C=C\CCCCCCCC. The van der Waals surface area contributed by atoms with Crippen LogP contribution in [0.25, 0.3) is 0 Å². The van der Waals surface area contributed by atoms with E-state index in [4.69, 9.17) is 99.0 Å². The maximum atomic E-state index is 12.9. The Balaban J connectivity index is 3.92. The third kappa shape index (κ3) is 86.3. The van der Waals surface area contributed by atoms with Crippen LogP contribution in [0.15, 0.2) is 24.3 Å². The minimum absolute atomic E-state index is 0.0391. The number of esters is 2. The number of amides is 1. The predicted octanol–water partition coefficient (Wildman–Crippen LogP) is 12.3. The van der Waals surface area contributed by atoms with Crippen LogP contribution in [-0.2, 0) is 113 Å². The van der Waals surface area contributed by atoms with Crippen molar-refractivity contribution in [2.24, 2.45) is 0 Å². The smallest absolute Gasteiger partial charge is 0.462 e. The summed E-state index contributed by atoms with van der Waals surface area (Å²) >= 11 is 0. The van der Waals surface area contributed by atoms with E-state index in [1.807, 2.05) is 0 Å². The first-order valence-corrected chi connectivity index (χ1v) is 40.6. The van der Waals surface area contributed by atoms with Crippen molar-refractivity contribution in [2.45, 2.75) is 200 Å². The number of nitrogens with one attached hydrogen (secondary N) is 1. The number of carbonyl (C=O) groups is 3. The highest BCUT2D eigenvalue weighted by Gasteiger charge is 2.26. The van der Waals surface area contributed by atoms with Crippen LogP contribution in [0.5, 0.6) is 0 Å². The van der Waals surface area contributed by atoms with Crippen LogP contribution in [0.2, 0.25) is 0 Å². The van der Waals surface area contributed by atoms with Gasteiger partial charge in [0, 0.05) is 26.5 Å². The van der Waals surface area contributed by atoms with E-state index in [-0.39, 0.29) is 52.4 Å². The molecule has 1 unspecified atom stereocenters. The van der Waals surface area contributed by atoms with E-state index in [1.165, 1.54) is 77.0 Å². The Morgan fingerprint density at radius 2 is 0.592 bits per heavy atom. The van der Waals surface area contributed by atoms with Crippen molar-refractivity contribution in [3.05, 3.63) is 24.3 Å². The molecular weight excluding hydrogens is 1360 g/mol. The van der Waals surface area contributed by atoms with Gasteiger partial charge in [-0.15, -0.1) is 0 Å². The number of alkyl carbamates (subject to hydrolysis) is 1. The summed E-state index contributed by atoms with van der Waals surface area (Å²) in [5.41, 5.74) is 0. The molecule has 0 spiro atoms. The van der Waals surface area contributed by atoms with Crippen molar-refractivity contribution in [3.8, 4) is 0 Å². The molecule has 0 aromatic carbocycles. The van der Waals surface area contributed by atoms with Crippen molar-refractivity contribution in [2.75, 3.05) is 245 Å². The molecule has 0 bridgehead atoms. The molecule has 2 N–H and O–H groups in total. The summed E-state index contributed by atoms with van der Waals surface area (Å²) in [5.74, 6) is -0.963. The second-order valence-corrected chi connectivity index (χ2v) is 25.8. The number of phosphoric acid groups is 1. The van der Waals surface area contributed by atoms with Gasteiger partial charge in [-0.25, -0.2) is 9.36 Å². The van der Waals surface area contributed by atoms with Crippen molar-refractivity contribution in [1.82, 2.24) is 5.32 Å². The second-order valence-electron chi connectivity index (χ2n) is 24.3. The average molecular weight is 1510 g/mol. The van der Waals surface area contributed by atoms with Gasteiger partial charge in [0.15, 0.2) is 6.10 Å². The molecule has 2 atom stereocenters. The second kappa shape index (κ2) is 86.4. The fraction of sp³-hybridized carbons (Fsp3) is 0.907. The van der Waals surface area contributed by atoms with Crippen LogP contribution >= 0.6 is 7.82 Å². The number of unbranched alkanes of at least 4 members (excludes halogenated alkanes) is 22. The number of carbonyl (C=O) groups excluding carboxylic acids is 3. The third-order valence-corrected chi connectivity index (χ3v) is 16.1. The Hall–Kier alpha value is -2.84. The number of ether oxygens (including phenoxy) is 19. The summed E-state index contributed by atoms with van der Waals surface area (Å²) < 4.78 is 126. The standard InChI is InChI=1S/C75H144NO26P/c1-4-6-8-10-12-14-16-18-20-22-24-26-28-30-32-34-73(77)99-70-72(102-74(78)35-33-31-29-27-25-23-21-19-17-15-13-11-9-7-5-2)71-101-103(80,81)100-37-36-76-75(79)98-69-68-97-67-66-96-65-64-95-63-62-94-61-60-93-59-58-92-57-56-91-55-54-90-53-52-89-51-50-88-49-48-87-47-46-86-45-44-85-43-42-84-41-40-83-39-38-82-3/h18-21,72H,4-17,22-71H2,1-3H3,(H,76,79)(H,80,81)/b20-18-,21-19-/t72-/m1/s1. The fourth-order valence-corrected chi connectivity index (χ4v) is 10.1. The Bertz CT molecular complexity index is 1850. The number of allylic oxidation sites excluding steroid dienone is 4. The summed E-state index contributed by atoms with van der Waals surface area (Å²) in [6.45, 7) is 17.0. The lowest BCUT2D eigenvalue weighted by atomic mass is 10.1. The van der Waals surface area contributed by atoms with Crippen LogP contribution in [0.3, 0.4) is 0 Å². The van der Waals surface area contributed by atoms with Crippen LogP contribution in [0.4, 0.5) is 4.79 Å². The number of hydrogen-bond donors (Lipinski definition) is 2. The van der Waals surface area contributed by atoms with Crippen molar-refractivity contribution in [1.29, 1.82) is 0 Å². The summed E-state index contributed by atoms with van der Waals surface area (Å²) in [5, 5.41) is 2.43. The first kappa shape index (κ1) is 100. The summed E-state index contributed by atoms with van der Waals surface area (Å²) in [7, 11) is -3.03. The van der Waals surface area contributed by atoms with Gasteiger partial charge >= 0.3 is 25.9 Å². The Morgan fingerprint density at radius 1 is 0.320 bits per heavy atom. The molecule has 0 saturated carbocycles. The van der Waals surface area contributed by atoms with Crippen molar-refractivity contribution >= 4 is 25.9 Å². The first-order chi connectivity index (χ1) is 50.7. The largest absolute Gasteiger partial charge is 0.472 e. The van der Waals surface area contributed by atoms with E-state index in [2.05, 4.69) is 43.5 Å². The zero-order chi connectivity index (χ0) is 74.4. The van der Waals surface area contributed by atoms with Crippen molar-refractivity contribution < 1.29 is 123 Å². The molecule has 0 aliphatic rings. The number of rotatable bonds is 88. The molecule has 27 nitrogen and oxygen atoms in total. The van der Waals surface area contributed by atoms with Gasteiger partial charge in [0.1, 0.15) is 13.2 Å². The van der Waals surface area contributed by atoms with Crippen LogP contribution in [0, 0.1) is 0 Å². The summed E-state index contributed by atoms with van der Waals surface area (Å²) in [4.78, 5) is 48.2. The average Bonchev–Trinajstić information content (AvgIpc) is 0.953. The molecule has 610 valence electrons. The summed E-state index contributed by atoms with van der Waals surface area (Å²) in [6.07, 6.45) is 37.2. The van der Waals surface area contributed by atoms with Gasteiger partial charge < -0.3 is 100 Å². The Kier molecular flexibility index (Phi) is 84.0. The van der Waals surface area contributed by atoms with Gasteiger partial charge in [-0.05, 0) is 64.2 Å². The van der Waals surface area contributed by atoms with Gasteiger partial charge in [0.25, 0.3) is 0 Å². The lowest BCUT2D eigenvalue weighted by Gasteiger charge is -2.20. The van der Waals surface area contributed by atoms with E-state index in [1.54, 1.807) is 7.11 Å². The molecule has 0 aliphatic heterocycles. The lowest BCUT2D eigenvalue weighted by Crippen LogP contribution is -2.30. The molecule has 0 aromatic rings. The van der Waals surface area contributed by atoms with E-state index in [9.17, 15) is 23.8 Å². The molecule has 1 amide bonds. The molecular formula is C75H144NO26P. The fourth-order valence-electron chi connectivity index (χ4n) is 9.40. The van der Waals surface area contributed by atoms with Gasteiger partial charge in [0.2, 0.25) is 0 Å². The molecule has 0 heterocycles. The topological polar surface area (TPSA) is 294 Å². The molecule has 0 radical (unpaired) electrons. The molecule has 28 heteroatoms. The minimum Gasteiger partial charge on any atom is -0.462 e. The van der Waals surface area contributed by atoms with Gasteiger partial charge in [-0.1, -0.05) is 141 Å². The van der Waals surface area contributed by atoms with Crippen LogP contribution in [-0.4, -0.2) is 274 Å². The Labute approximate surface area is 620 Å². The summed E-state index contributed by atoms with van der Waals surface area (Å²) in [6, 6.07) is 0. The normalized spacial score (nSPS) is 12.7. The highest BCUT2D eigenvalue weighted by atomic mass is 31.2. The van der Waals surface area contributed by atoms with E-state index in [0.717, 1.165) is 77.0 Å².